The van der Waals surface area contributed by atoms with Gasteiger partial charge in [-0.2, -0.15) is 0 Å². The van der Waals surface area contributed by atoms with Gasteiger partial charge in [-0.1, -0.05) is 11.6 Å². The maximum Gasteiger partial charge on any atom is 0.254 e. The molecule has 1 atom stereocenters. The Morgan fingerprint density at radius 2 is 2.20 bits per heavy atom. The van der Waals surface area contributed by atoms with Gasteiger partial charge in [-0.25, -0.2) is 9.97 Å². The highest BCUT2D eigenvalue weighted by Gasteiger charge is 2.18. The van der Waals surface area contributed by atoms with Gasteiger partial charge in [0.1, 0.15) is 5.15 Å². The first kappa shape index (κ1) is 14.7. The molecule has 2 rings (SSSR count). The average Bonchev–Trinajstić information content (AvgIpc) is 2.71. The molecule has 20 heavy (non-hydrogen) atoms. The monoisotopic (exact) mass is 310 g/mol. The van der Waals surface area contributed by atoms with Gasteiger partial charge in [0.15, 0.2) is 0 Å². The third kappa shape index (κ3) is 3.08. The van der Waals surface area contributed by atoms with Gasteiger partial charge in [0.2, 0.25) is 0 Å². The fourth-order valence-electron chi connectivity index (χ4n) is 1.91. The van der Waals surface area contributed by atoms with Crippen LogP contribution < -0.4 is 11.1 Å². The summed E-state index contributed by atoms with van der Waals surface area (Å²) in [6, 6.07) is 1.37. The molecule has 106 valence electrons. The van der Waals surface area contributed by atoms with Crippen LogP contribution in [0.1, 0.15) is 38.9 Å². The van der Waals surface area contributed by atoms with Gasteiger partial charge < -0.3 is 11.1 Å². The van der Waals surface area contributed by atoms with Crippen molar-refractivity contribution in [1.29, 1.82) is 0 Å². The second kappa shape index (κ2) is 5.76. The molecule has 0 radical (unpaired) electrons. The second-order valence-electron chi connectivity index (χ2n) is 4.48. The van der Waals surface area contributed by atoms with Crippen LogP contribution in [-0.4, -0.2) is 15.9 Å². The molecule has 1 unspecified atom stereocenters. The molecule has 0 aliphatic heterocycles. The smallest absolute Gasteiger partial charge is 0.254 e. The number of nitrogens with zero attached hydrogens (tertiary/aromatic N) is 2. The summed E-state index contributed by atoms with van der Waals surface area (Å²) < 4.78 is 0. The number of nitrogen functional groups attached to an aromatic ring is 1. The van der Waals surface area contributed by atoms with E-state index in [-0.39, 0.29) is 22.7 Å². The molecule has 0 aliphatic rings. The number of aromatic nitrogens is 2. The Kier molecular flexibility index (Phi) is 4.25. The molecule has 1 amide bonds. The van der Waals surface area contributed by atoms with Crippen molar-refractivity contribution in [3.8, 4) is 0 Å². The molecule has 7 heteroatoms. The Morgan fingerprint density at radius 3 is 2.80 bits per heavy atom. The largest absolute Gasteiger partial charge is 0.397 e. The van der Waals surface area contributed by atoms with Crippen LogP contribution in [0.15, 0.2) is 12.3 Å². The number of thiazole rings is 1. The van der Waals surface area contributed by atoms with Gasteiger partial charge in [0.05, 0.1) is 34.2 Å². The van der Waals surface area contributed by atoms with Crippen molar-refractivity contribution in [3.05, 3.63) is 38.6 Å². The summed E-state index contributed by atoms with van der Waals surface area (Å²) in [6.07, 6.45) is 1.42. The number of nitrogens with one attached hydrogen (secondary N) is 1. The number of anilines is 1. The van der Waals surface area contributed by atoms with Crippen molar-refractivity contribution < 1.29 is 4.79 Å². The molecule has 0 aromatic carbocycles. The lowest BCUT2D eigenvalue weighted by Gasteiger charge is -2.13. The van der Waals surface area contributed by atoms with Gasteiger partial charge in [0, 0.05) is 4.88 Å². The third-order valence-electron chi connectivity index (χ3n) is 2.79. The molecule has 2 heterocycles. The molecular formula is C13H15ClN4OS. The topological polar surface area (TPSA) is 80.9 Å². The first-order valence-electron chi connectivity index (χ1n) is 6.04. The number of carbonyl (C=O) groups excluding carboxylic acids is 1. The van der Waals surface area contributed by atoms with E-state index >= 15 is 0 Å². The maximum atomic E-state index is 12.2. The zero-order chi connectivity index (χ0) is 14.9. The van der Waals surface area contributed by atoms with E-state index in [4.69, 9.17) is 17.3 Å². The van der Waals surface area contributed by atoms with Crippen LogP contribution in [0.4, 0.5) is 5.69 Å². The first-order valence-corrected chi connectivity index (χ1v) is 7.23. The lowest BCUT2D eigenvalue weighted by molar-refractivity contribution is 0.0940. The number of hydrogen-bond acceptors (Lipinski definition) is 5. The highest BCUT2D eigenvalue weighted by Crippen LogP contribution is 2.25. The van der Waals surface area contributed by atoms with Crippen LogP contribution in [0.2, 0.25) is 5.15 Å². The van der Waals surface area contributed by atoms with Crippen LogP contribution in [-0.2, 0) is 0 Å². The molecular weight excluding hydrogens is 296 g/mol. The molecule has 0 spiro atoms. The first-order chi connectivity index (χ1) is 9.38. The zero-order valence-electron chi connectivity index (χ0n) is 11.4. The summed E-state index contributed by atoms with van der Waals surface area (Å²) in [5.41, 5.74) is 7.23. The highest BCUT2D eigenvalue weighted by atomic mass is 35.5. The molecule has 0 saturated carbocycles. The van der Waals surface area contributed by atoms with Gasteiger partial charge in [0.25, 0.3) is 5.91 Å². The standard InChI is InChI=1S/C13H15ClN4OS/c1-6-11(20-8(3)17-6)7(2)18-13(19)10-4-9(15)5-16-12(10)14/h4-5,7H,15H2,1-3H3,(H,18,19). The highest BCUT2D eigenvalue weighted by molar-refractivity contribution is 7.11. The molecule has 0 fully saturated rings. The minimum atomic E-state index is -0.298. The fraction of sp³-hybridized carbons (Fsp3) is 0.308. The van der Waals surface area contributed by atoms with E-state index < -0.39 is 0 Å². The van der Waals surface area contributed by atoms with E-state index in [0.29, 0.717) is 5.69 Å². The van der Waals surface area contributed by atoms with Gasteiger partial charge in [-0.3, -0.25) is 4.79 Å². The number of carbonyl (C=O) groups is 1. The molecule has 2 aromatic heterocycles. The SMILES string of the molecule is Cc1nc(C)c(C(C)NC(=O)c2cc(N)cnc2Cl)s1. The summed E-state index contributed by atoms with van der Waals surface area (Å²) >= 11 is 7.49. The average molecular weight is 311 g/mol. The number of nitrogens with two attached hydrogens (primary N) is 1. The molecule has 5 nitrogen and oxygen atoms in total. The molecule has 0 aliphatic carbocycles. The van der Waals surface area contributed by atoms with Crippen LogP contribution in [0.5, 0.6) is 0 Å². The van der Waals surface area contributed by atoms with Crippen molar-refractivity contribution in [3.63, 3.8) is 0 Å². The lowest BCUT2D eigenvalue weighted by atomic mass is 10.2. The van der Waals surface area contributed by atoms with Crippen LogP contribution >= 0.6 is 22.9 Å². The summed E-state index contributed by atoms with van der Waals surface area (Å²) in [5.74, 6) is -0.298. The Hall–Kier alpha value is -1.66. The van der Waals surface area contributed by atoms with E-state index in [2.05, 4.69) is 15.3 Å². The predicted octanol–water partition coefficient (Wildman–Crippen LogP) is 2.88. The van der Waals surface area contributed by atoms with E-state index in [1.54, 1.807) is 11.3 Å². The second-order valence-corrected chi connectivity index (χ2v) is 6.08. The Labute approximate surface area is 126 Å². The molecule has 3 N–H and O–H groups in total. The van der Waals surface area contributed by atoms with Crippen molar-refractivity contribution in [2.45, 2.75) is 26.8 Å². The molecule has 0 saturated heterocycles. The molecule has 2 aromatic rings. The van der Waals surface area contributed by atoms with Crippen LogP contribution in [0.25, 0.3) is 0 Å². The quantitative estimate of drug-likeness (QED) is 0.854. The Balaban J connectivity index is 2.19. The van der Waals surface area contributed by atoms with Crippen LogP contribution in [0, 0.1) is 13.8 Å². The number of rotatable bonds is 3. The predicted molar refractivity (Wildman–Crippen MR) is 81.1 cm³/mol. The van der Waals surface area contributed by atoms with Crippen molar-refractivity contribution >= 4 is 34.5 Å². The minimum absolute atomic E-state index is 0.140. The number of hydrogen-bond donors (Lipinski definition) is 2. The summed E-state index contributed by atoms with van der Waals surface area (Å²) in [4.78, 5) is 21.5. The fourth-order valence-corrected chi connectivity index (χ4v) is 3.03. The summed E-state index contributed by atoms with van der Waals surface area (Å²) in [6.45, 7) is 5.77. The molecule has 0 bridgehead atoms. The van der Waals surface area contributed by atoms with Crippen molar-refractivity contribution in [2.24, 2.45) is 0 Å². The number of pyridine rings is 1. The van der Waals surface area contributed by atoms with Crippen molar-refractivity contribution in [1.82, 2.24) is 15.3 Å². The number of amides is 1. The van der Waals surface area contributed by atoms with Crippen molar-refractivity contribution in [2.75, 3.05) is 5.73 Å². The third-order valence-corrected chi connectivity index (χ3v) is 4.34. The van der Waals surface area contributed by atoms with E-state index in [0.717, 1.165) is 15.6 Å². The van der Waals surface area contributed by atoms with E-state index in [1.165, 1.54) is 12.3 Å². The number of aryl methyl sites for hydroxylation is 2. The normalized spacial score (nSPS) is 12.2. The van der Waals surface area contributed by atoms with Gasteiger partial charge >= 0.3 is 0 Å². The lowest BCUT2D eigenvalue weighted by Crippen LogP contribution is -2.27. The maximum absolute atomic E-state index is 12.2. The summed E-state index contributed by atoms with van der Waals surface area (Å²) in [7, 11) is 0. The zero-order valence-corrected chi connectivity index (χ0v) is 13.0. The Morgan fingerprint density at radius 1 is 1.50 bits per heavy atom. The number of halogens is 1. The van der Waals surface area contributed by atoms with E-state index in [9.17, 15) is 4.79 Å². The van der Waals surface area contributed by atoms with E-state index in [1.807, 2.05) is 20.8 Å². The minimum Gasteiger partial charge on any atom is -0.397 e. The van der Waals surface area contributed by atoms with Gasteiger partial charge in [-0.15, -0.1) is 11.3 Å². The van der Waals surface area contributed by atoms with Crippen LogP contribution in [0.3, 0.4) is 0 Å². The van der Waals surface area contributed by atoms with Gasteiger partial charge in [-0.05, 0) is 26.8 Å². The Bertz CT molecular complexity index is 656. The summed E-state index contributed by atoms with van der Waals surface area (Å²) in [5, 5.41) is 4.00.